The summed E-state index contributed by atoms with van der Waals surface area (Å²) in [7, 11) is 1.70. The number of aryl methyl sites for hydroxylation is 2. The van der Waals surface area contributed by atoms with Gasteiger partial charge < -0.3 is 19.6 Å². The summed E-state index contributed by atoms with van der Waals surface area (Å²) in [5.74, 6) is 0.0860. The van der Waals surface area contributed by atoms with Crippen molar-refractivity contribution < 1.29 is 19.4 Å². The van der Waals surface area contributed by atoms with Gasteiger partial charge in [-0.2, -0.15) is 5.10 Å². The molecule has 0 spiro atoms. The van der Waals surface area contributed by atoms with Crippen LogP contribution in [0.3, 0.4) is 0 Å². The van der Waals surface area contributed by atoms with Gasteiger partial charge in [-0.05, 0) is 31.2 Å². The molecule has 0 radical (unpaired) electrons. The zero-order chi connectivity index (χ0) is 19.7. The number of aliphatic hydroxyl groups excluding tert-OH is 1. The van der Waals surface area contributed by atoms with Crippen LogP contribution in [0.15, 0.2) is 0 Å². The maximum atomic E-state index is 13.0. The normalized spacial score (nSPS) is 26.2. The van der Waals surface area contributed by atoms with Crippen LogP contribution in [0.1, 0.15) is 36.2 Å². The molecular formula is C20H30N4O4. The molecule has 2 fully saturated rings. The second-order valence-electron chi connectivity index (χ2n) is 8.43. The number of amides is 2. The summed E-state index contributed by atoms with van der Waals surface area (Å²) in [5, 5.41) is 16.7. The third kappa shape index (κ3) is 3.33. The molecule has 2 amide bonds. The molecule has 8 nitrogen and oxygen atoms in total. The number of hydrogen-bond donors (Lipinski definition) is 2. The lowest BCUT2D eigenvalue weighted by Crippen LogP contribution is -2.48. The predicted octanol–water partition coefficient (Wildman–Crippen LogP) is 0.147. The number of fused-ring (bicyclic) bond motifs is 2. The molecule has 0 saturated carbocycles. The summed E-state index contributed by atoms with van der Waals surface area (Å²) >= 11 is 0. The fraction of sp³-hybridized carbons (Fsp3) is 0.750. The first-order valence-corrected chi connectivity index (χ1v) is 10.3. The Labute approximate surface area is 165 Å². The highest BCUT2D eigenvalue weighted by atomic mass is 16.5. The van der Waals surface area contributed by atoms with Gasteiger partial charge in [-0.15, -0.1) is 0 Å². The van der Waals surface area contributed by atoms with E-state index in [4.69, 9.17) is 9.84 Å². The number of aliphatic hydroxyl groups is 1. The second kappa shape index (κ2) is 7.83. The third-order valence-corrected chi connectivity index (χ3v) is 6.65. The quantitative estimate of drug-likeness (QED) is 0.720. The molecule has 1 aliphatic carbocycles. The SMILES string of the molecule is CN(CCO)C(=O)[C@@]12COC[C@@H]1CN(C(=O)CCc1n[nH]c3c1CCCC3)C2. The molecule has 2 N–H and O–H groups in total. The summed E-state index contributed by atoms with van der Waals surface area (Å²) in [6.45, 7) is 2.06. The van der Waals surface area contributed by atoms with Gasteiger partial charge in [-0.1, -0.05) is 0 Å². The zero-order valence-corrected chi connectivity index (χ0v) is 16.6. The number of nitrogens with one attached hydrogen (secondary N) is 1. The first kappa shape index (κ1) is 19.4. The molecule has 2 saturated heterocycles. The van der Waals surface area contributed by atoms with Crippen molar-refractivity contribution in [3.63, 3.8) is 0 Å². The van der Waals surface area contributed by atoms with E-state index in [9.17, 15) is 9.59 Å². The molecule has 1 aromatic rings. The number of aromatic nitrogens is 2. The number of ether oxygens (including phenoxy) is 1. The van der Waals surface area contributed by atoms with Gasteiger partial charge in [0.15, 0.2) is 0 Å². The van der Waals surface area contributed by atoms with E-state index in [2.05, 4.69) is 10.2 Å². The number of aromatic amines is 1. The Kier molecular flexibility index (Phi) is 5.42. The molecule has 3 heterocycles. The summed E-state index contributed by atoms with van der Waals surface area (Å²) < 4.78 is 5.61. The van der Waals surface area contributed by atoms with E-state index in [0.29, 0.717) is 45.7 Å². The summed E-state index contributed by atoms with van der Waals surface area (Å²) in [4.78, 5) is 29.3. The maximum Gasteiger partial charge on any atom is 0.233 e. The minimum absolute atomic E-state index is 0.0271. The van der Waals surface area contributed by atoms with Gasteiger partial charge in [0.05, 0.1) is 30.9 Å². The minimum Gasteiger partial charge on any atom is -0.395 e. The van der Waals surface area contributed by atoms with Crippen molar-refractivity contribution in [1.29, 1.82) is 0 Å². The molecule has 0 unspecified atom stereocenters. The van der Waals surface area contributed by atoms with E-state index in [0.717, 1.165) is 18.5 Å². The van der Waals surface area contributed by atoms with Crippen LogP contribution in [0.2, 0.25) is 0 Å². The number of likely N-dealkylation sites (tertiary alicyclic amines) is 1. The van der Waals surface area contributed by atoms with Gasteiger partial charge in [-0.25, -0.2) is 0 Å². The van der Waals surface area contributed by atoms with Crippen molar-refractivity contribution in [2.75, 3.05) is 46.5 Å². The van der Waals surface area contributed by atoms with Gasteiger partial charge in [0.2, 0.25) is 11.8 Å². The standard InChI is InChI=1S/C20H30N4O4/c1-23(8-9-25)19(27)20-12-24(10-14(20)11-28-13-20)18(26)7-6-17-15-4-2-3-5-16(15)21-22-17/h14,25H,2-13H2,1H3,(H,21,22)/t14-,20-/m0/s1. The Balaban J connectivity index is 1.39. The largest absolute Gasteiger partial charge is 0.395 e. The molecule has 2 atom stereocenters. The summed E-state index contributed by atoms with van der Waals surface area (Å²) in [6, 6.07) is 0. The number of hydrogen-bond acceptors (Lipinski definition) is 5. The highest BCUT2D eigenvalue weighted by molar-refractivity contribution is 5.86. The minimum atomic E-state index is -0.662. The van der Waals surface area contributed by atoms with Gasteiger partial charge >= 0.3 is 0 Å². The van der Waals surface area contributed by atoms with Crippen LogP contribution in [-0.4, -0.2) is 83.4 Å². The fourth-order valence-electron chi connectivity index (χ4n) is 5.00. The van der Waals surface area contributed by atoms with Crippen LogP contribution in [0.5, 0.6) is 0 Å². The number of carbonyl (C=O) groups excluding carboxylic acids is 2. The first-order chi connectivity index (χ1) is 13.5. The van der Waals surface area contributed by atoms with Gasteiger partial charge in [0.25, 0.3) is 0 Å². The first-order valence-electron chi connectivity index (χ1n) is 10.3. The van der Waals surface area contributed by atoms with Crippen LogP contribution >= 0.6 is 0 Å². The van der Waals surface area contributed by atoms with E-state index in [1.807, 2.05) is 4.90 Å². The molecule has 28 heavy (non-hydrogen) atoms. The zero-order valence-electron chi connectivity index (χ0n) is 16.6. The van der Waals surface area contributed by atoms with Crippen LogP contribution < -0.4 is 0 Å². The molecule has 0 aromatic carbocycles. The Hall–Kier alpha value is -1.93. The lowest BCUT2D eigenvalue weighted by atomic mass is 9.79. The smallest absolute Gasteiger partial charge is 0.233 e. The van der Waals surface area contributed by atoms with E-state index >= 15 is 0 Å². The number of likely N-dealkylation sites (N-methyl/N-ethyl adjacent to an activating group) is 1. The van der Waals surface area contributed by atoms with Crippen molar-refractivity contribution in [2.45, 2.75) is 38.5 Å². The van der Waals surface area contributed by atoms with E-state index in [-0.39, 0.29) is 24.3 Å². The molecule has 154 valence electrons. The van der Waals surface area contributed by atoms with Crippen LogP contribution in [0.25, 0.3) is 0 Å². The average molecular weight is 390 g/mol. The molecule has 0 bridgehead atoms. The van der Waals surface area contributed by atoms with E-state index < -0.39 is 5.41 Å². The Morgan fingerprint density at radius 3 is 3.04 bits per heavy atom. The average Bonchev–Trinajstić information content (AvgIpc) is 3.38. The Bertz CT molecular complexity index is 749. The lowest BCUT2D eigenvalue weighted by molar-refractivity contribution is -0.142. The number of carbonyl (C=O) groups is 2. The molecule has 3 aliphatic rings. The van der Waals surface area contributed by atoms with Crippen LogP contribution in [-0.2, 0) is 33.6 Å². The topological polar surface area (TPSA) is 98.8 Å². The van der Waals surface area contributed by atoms with Crippen LogP contribution in [0.4, 0.5) is 0 Å². The van der Waals surface area contributed by atoms with Crippen molar-refractivity contribution in [3.05, 3.63) is 17.0 Å². The van der Waals surface area contributed by atoms with E-state index in [1.54, 1.807) is 11.9 Å². The monoisotopic (exact) mass is 390 g/mol. The van der Waals surface area contributed by atoms with Gasteiger partial charge in [-0.3, -0.25) is 14.7 Å². The predicted molar refractivity (Wildman–Crippen MR) is 102 cm³/mol. The Morgan fingerprint density at radius 1 is 1.39 bits per heavy atom. The third-order valence-electron chi connectivity index (χ3n) is 6.65. The van der Waals surface area contributed by atoms with Gasteiger partial charge in [0.1, 0.15) is 0 Å². The summed E-state index contributed by atoms with van der Waals surface area (Å²) in [6.07, 6.45) is 5.55. The summed E-state index contributed by atoms with van der Waals surface area (Å²) in [5.41, 5.74) is 2.91. The van der Waals surface area contributed by atoms with Crippen LogP contribution in [0, 0.1) is 11.3 Å². The highest BCUT2D eigenvalue weighted by Crippen LogP contribution is 2.43. The van der Waals surface area contributed by atoms with Gasteiger partial charge in [0, 0.05) is 51.1 Å². The molecular weight excluding hydrogens is 360 g/mol. The fourth-order valence-corrected chi connectivity index (χ4v) is 5.00. The number of H-pyrrole nitrogens is 1. The van der Waals surface area contributed by atoms with E-state index in [1.165, 1.54) is 24.1 Å². The van der Waals surface area contributed by atoms with Crippen molar-refractivity contribution in [2.24, 2.45) is 11.3 Å². The van der Waals surface area contributed by atoms with Crippen molar-refractivity contribution in [3.8, 4) is 0 Å². The lowest BCUT2D eigenvalue weighted by Gasteiger charge is -2.30. The molecule has 4 rings (SSSR count). The number of rotatable bonds is 6. The van der Waals surface area contributed by atoms with Crippen molar-refractivity contribution in [1.82, 2.24) is 20.0 Å². The molecule has 1 aromatic heterocycles. The maximum absolute atomic E-state index is 13.0. The molecule has 8 heteroatoms. The second-order valence-corrected chi connectivity index (χ2v) is 8.43. The van der Waals surface area contributed by atoms with Crippen molar-refractivity contribution >= 4 is 11.8 Å². The highest BCUT2D eigenvalue weighted by Gasteiger charge is 2.57. The molecule has 2 aliphatic heterocycles. The Morgan fingerprint density at radius 2 is 2.21 bits per heavy atom. The number of nitrogens with zero attached hydrogens (tertiary/aromatic N) is 3.